The third kappa shape index (κ3) is 3.88. The van der Waals surface area contributed by atoms with Crippen LogP contribution in [-0.4, -0.2) is 36.3 Å². The van der Waals surface area contributed by atoms with E-state index in [0.717, 1.165) is 33.8 Å². The minimum atomic E-state index is 0.142. The van der Waals surface area contributed by atoms with E-state index in [0.29, 0.717) is 12.2 Å². The van der Waals surface area contributed by atoms with Gasteiger partial charge < -0.3 is 4.57 Å². The lowest BCUT2D eigenvalue weighted by atomic mass is 10.3. The van der Waals surface area contributed by atoms with Gasteiger partial charge in [-0.15, -0.1) is 21.5 Å². The van der Waals surface area contributed by atoms with Gasteiger partial charge in [-0.2, -0.15) is 0 Å². The molecule has 0 atom stereocenters. The standard InChI is InChI=1S/C16H17N5OS2/c1-3-21-15(12-5-4-6-17-8-12)19-20-16(21)24-10-13(22)7-14-18-11(2)9-23-14/h4-6,8-9H,3,7,10H2,1-2H3. The molecule has 6 nitrogen and oxygen atoms in total. The Hall–Kier alpha value is -2.06. The molecule has 24 heavy (non-hydrogen) atoms. The second kappa shape index (κ2) is 7.67. The third-order valence-corrected chi connectivity index (χ3v) is 5.32. The van der Waals surface area contributed by atoms with Gasteiger partial charge in [-0.05, 0) is 26.0 Å². The molecule has 3 heterocycles. The fourth-order valence-corrected chi connectivity index (χ4v) is 3.90. The summed E-state index contributed by atoms with van der Waals surface area (Å²) in [6.45, 7) is 4.70. The summed E-state index contributed by atoms with van der Waals surface area (Å²) in [5, 5.41) is 12.1. The van der Waals surface area contributed by atoms with Crippen molar-refractivity contribution in [1.29, 1.82) is 0 Å². The van der Waals surface area contributed by atoms with E-state index in [9.17, 15) is 4.79 Å². The molecule has 3 rings (SSSR count). The Bertz CT molecular complexity index is 828. The van der Waals surface area contributed by atoms with E-state index < -0.39 is 0 Å². The monoisotopic (exact) mass is 359 g/mol. The van der Waals surface area contributed by atoms with E-state index in [4.69, 9.17) is 0 Å². The van der Waals surface area contributed by atoms with Gasteiger partial charge in [-0.3, -0.25) is 9.78 Å². The average Bonchev–Trinajstić information content (AvgIpc) is 3.19. The van der Waals surface area contributed by atoms with E-state index in [2.05, 4.69) is 20.2 Å². The normalized spacial score (nSPS) is 10.9. The summed E-state index contributed by atoms with van der Waals surface area (Å²) in [5.74, 6) is 1.28. The molecule has 0 spiro atoms. The maximum absolute atomic E-state index is 12.1. The Labute approximate surface area is 148 Å². The van der Waals surface area contributed by atoms with Gasteiger partial charge in [0.05, 0.1) is 12.2 Å². The van der Waals surface area contributed by atoms with Crippen LogP contribution in [0.1, 0.15) is 17.6 Å². The van der Waals surface area contributed by atoms with Gasteiger partial charge in [-0.25, -0.2) is 4.98 Å². The second-order valence-corrected chi connectivity index (χ2v) is 7.06. The highest BCUT2D eigenvalue weighted by Gasteiger charge is 2.15. The first kappa shape index (κ1) is 16.8. The Kier molecular flexibility index (Phi) is 5.37. The topological polar surface area (TPSA) is 73.6 Å². The van der Waals surface area contributed by atoms with Crippen LogP contribution in [-0.2, 0) is 17.8 Å². The van der Waals surface area contributed by atoms with Crippen molar-refractivity contribution < 1.29 is 4.79 Å². The highest BCUT2D eigenvalue weighted by molar-refractivity contribution is 7.99. The zero-order valence-electron chi connectivity index (χ0n) is 13.5. The van der Waals surface area contributed by atoms with Gasteiger partial charge in [0.25, 0.3) is 0 Å². The van der Waals surface area contributed by atoms with Crippen molar-refractivity contribution >= 4 is 28.9 Å². The minimum absolute atomic E-state index is 0.142. The molecular weight excluding hydrogens is 342 g/mol. The lowest BCUT2D eigenvalue weighted by Crippen LogP contribution is -2.07. The summed E-state index contributed by atoms with van der Waals surface area (Å²) >= 11 is 2.94. The summed E-state index contributed by atoms with van der Waals surface area (Å²) in [6, 6.07) is 3.82. The van der Waals surface area contributed by atoms with Crippen LogP contribution in [0.2, 0.25) is 0 Å². The number of aromatic nitrogens is 5. The largest absolute Gasteiger partial charge is 0.302 e. The van der Waals surface area contributed by atoms with Gasteiger partial charge in [-0.1, -0.05) is 11.8 Å². The number of Topliss-reactive ketones (excluding diaryl/α,β-unsaturated/α-hetero) is 1. The molecule has 0 fully saturated rings. The number of ketones is 1. The first-order chi connectivity index (χ1) is 11.7. The lowest BCUT2D eigenvalue weighted by molar-refractivity contribution is -0.116. The summed E-state index contributed by atoms with van der Waals surface area (Å²) in [4.78, 5) is 20.6. The van der Waals surface area contributed by atoms with Crippen molar-refractivity contribution in [2.75, 3.05) is 5.75 Å². The first-order valence-electron chi connectivity index (χ1n) is 7.56. The van der Waals surface area contributed by atoms with Crippen LogP contribution in [0.4, 0.5) is 0 Å². The molecule has 0 saturated carbocycles. The van der Waals surface area contributed by atoms with Gasteiger partial charge in [0, 0.05) is 35.6 Å². The maximum Gasteiger partial charge on any atom is 0.191 e. The number of rotatable bonds is 7. The minimum Gasteiger partial charge on any atom is -0.302 e. The van der Waals surface area contributed by atoms with Crippen LogP contribution >= 0.6 is 23.1 Å². The molecule has 3 aromatic heterocycles. The smallest absolute Gasteiger partial charge is 0.191 e. The quantitative estimate of drug-likeness (QED) is 0.604. The molecule has 0 aromatic carbocycles. The van der Waals surface area contributed by atoms with Crippen LogP contribution in [0.3, 0.4) is 0 Å². The maximum atomic E-state index is 12.1. The SMILES string of the molecule is CCn1c(SCC(=O)Cc2nc(C)cs2)nnc1-c1cccnc1. The van der Waals surface area contributed by atoms with E-state index >= 15 is 0 Å². The number of thiazole rings is 1. The molecule has 0 radical (unpaired) electrons. The second-order valence-electron chi connectivity index (χ2n) is 5.18. The number of aryl methyl sites for hydroxylation is 1. The van der Waals surface area contributed by atoms with E-state index in [-0.39, 0.29) is 5.78 Å². The van der Waals surface area contributed by atoms with Crippen molar-refractivity contribution in [3.63, 3.8) is 0 Å². The van der Waals surface area contributed by atoms with Crippen LogP contribution in [0.25, 0.3) is 11.4 Å². The third-order valence-electron chi connectivity index (χ3n) is 3.33. The van der Waals surface area contributed by atoms with Crippen molar-refractivity contribution in [3.05, 3.63) is 40.6 Å². The summed E-state index contributed by atoms with van der Waals surface area (Å²) < 4.78 is 2.00. The number of nitrogens with zero attached hydrogens (tertiary/aromatic N) is 5. The summed E-state index contributed by atoms with van der Waals surface area (Å²) in [6.07, 6.45) is 3.87. The molecule has 0 unspecified atom stereocenters. The zero-order chi connectivity index (χ0) is 16.9. The zero-order valence-corrected chi connectivity index (χ0v) is 15.1. The summed E-state index contributed by atoms with van der Waals surface area (Å²) in [5.41, 5.74) is 1.88. The van der Waals surface area contributed by atoms with Gasteiger partial charge in [0.2, 0.25) is 0 Å². The van der Waals surface area contributed by atoms with Crippen molar-refractivity contribution in [1.82, 2.24) is 24.7 Å². The fraction of sp³-hybridized carbons (Fsp3) is 0.312. The average molecular weight is 359 g/mol. The van der Waals surface area contributed by atoms with Gasteiger partial charge in [0.1, 0.15) is 10.8 Å². The van der Waals surface area contributed by atoms with Crippen molar-refractivity contribution in [3.8, 4) is 11.4 Å². The molecule has 0 aliphatic rings. The van der Waals surface area contributed by atoms with Crippen molar-refractivity contribution in [2.24, 2.45) is 0 Å². The molecule has 124 valence electrons. The predicted octanol–water partition coefficient (Wildman–Crippen LogP) is 3.03. The molecule has 0 saturated heterocycles. The molecule has 8 heteroatoms. The molecule has 0 N–H and O–H groups in total. The lowest BCUT2D eigenvalue weighted by Gasteiger charge is -2.06. The number of hydrogen-bond acceptors (Lipinski definition) is 7. The van der Waals surface area contributed by atoms with E-state index in [1.54, 1.807) is 12.4 Å². The Morgan fingerprint density at radius 3 is 2.92 bits per heavy atom. The first-order valence-corrected chi connectivity index (χ1v) is 9.43. The molecular formula is C16H17N5OS2. The molecule has 0 aliphatic heterocycles. The van der Waals surface area contributed by atoms with Crippen LogP contribution in [0.15, 0.2) is 35.1 Å². The Morgan fingerprint density at radius 2 is 2.25 bits per heavy atom. The fourth-order valence-electron chi connectivity index (χ4n) is 2.24. The Balaban J connectivity index is 1.67. The predicted molar refractivity (Wildman–Crippen MR) is 95.2 cm³/mol. The number of hydrogen-bond donors (Lipinski definition) is 0. The molecule has 3 aromatic rings. The Morgan fingerprint density at radius 1 is 1.38 bits per heavy atom. The van der Waals surface area contributed by atoms with Crippen molar-refractivity contribution in [2.45, 2.75) is 32.0 Å². The number of carbonyl (C=O) groups is 1. The van der Waals surface area contributed by atoms with E-state index in [1.165, 1.54) is 23.1 Å². The number of pyridine rings is 1. The van der Waals surface area contributed by atoms with Crippen LogP contribution in [0.5, 0.6) is 0 Å². The van der Waals surface area contributed by atoms with Gasteiger partial charge >= 0.3 is 0 Å². The van der Waals surface area contributed by atoms with Crippen LogP contribution < -0.4 is 0 Å². The number of thioether (sulfide) groups is 1. The van der Waals surface area contributed by atoms with E-state index in [1.807, 2.05) is 35.9 Å². The van der Waals surface area contributed by atoms with Crippen LogP contribution in [0, 0.1) is 6.92 Å². The molecule has 0 amide bonds. The summed E-state index contributed by atoms with van der Waals surface area (Å²) in [7, 11) is 0. The number of carbonyl (C=O) groups excluding carboxylic acids is 1. The molecule has 0 aliphatic carbocycles. The highest BCUT2D eigenvalue weighted by atomic mass is 32.2. The molecule has 0 bridgehead atoms. The van der Waals surface area contributed by atoms with Gasteiger partial charge in [0.15, 0.2) is 11.0 Å². The highest BCUT2D eigenvalue weighted by Crippen LogP contribution is 2.23.